The second kappa shape index (κ2) is 8.00. The predicted octanol–water partition coefficient (Wildman–Crippen LogP) is 2.58. The van der Waals surface area contributed by atoms with Gasteiger partial charge in [-0.1, -0.05) is 6.92 Å². The fourth-order valence-corrected chi connectivity index (χ4v) is 4.99. The maximum atomic E-state index is 15.4. The standard InChI is InChI=1S/C22H27FN2O5/c1-2-17-18(22(29)30)21(28)14-10-16(23)20(24-8-3-4-12(24)7-9-26)15(11-27)19(14)25(17)13-5-6-13/h10,12-13,26-27H,2-9,11H2,1H3,(H,29,30). The van der Waals surface area contributed by atoms with Crippen molar-refractivity contribution in [2.45, 2.75) is 64.1 Å². The Bertz CT molecular complexity index is 1060. The van der Waals surface area contributed by atoms with Gasteiger partial charge in [-0.25, -0.2) is 9.18 Å². The number of rotatable bonds is 7. The number of fused-ring (bicyclic) bond motifs is 1. The molecule has 1 unspecified atom stereocenters. The van der Waals surface area contributed by atoms with Crippen LogP contribution in [0.15, 0.2) is 10.9 Å². The van der Waals surface area contributed by atoms with Gasteiger partial charge in [0.15, 0.2) is 0 Å². The summed E-state index contributed by atoms with van der Waals surface area (Å²) in [5, 5.41) is 29.4. The topological polar surface area (TPSA) is 103 Å². The summed E-state index contributed by atoms with van der Waals surface area (Å²) in [7, 11) is 0. The van der Waals surface area contributed by atoms with E-state index < -0.39 is 23.8 Å². The number of nitrogens with zero attached hydrogens (tertiary/aromatic N) is 2. The Morgan fingerprint density at radius 3 is 2.57 bits per heavy atom. The van der Waals surface area contributed by atoms with Crippen LogP contribution in [-0.4, -0.2) is 45.0 Å². The van der Waals surface area contributed by atoms with Crippen molar-refractivity contribution >= 4 is 22.6 Å². The number of benzene rings is 1. The molecule has 1 saturated carbocycles. The van der Waals surface area contributed by atoms with E-state index in [4.69, 9.17) is 0 Å². The van der Waals surface area contributed by atoms with Gasteiger partial charge >= 0.3 is 5.97 Å². The minimum absolute atomic E-state index is 0.000273. The average Bonchev–Trinajstić information content (AvgIpc) is 3.46. The van der Waals surface area contributed by atoms with Crippen LogP contribution in [0.3, 0.4) is 0 Å². The first kappa shape index (κ1) is 20.8. The minimum atomic E-state index is -1.31. The SMILES string of the molecule is CCc1c(C(=O)O)c(=O)c2cc(F)c(N3CCCC3CCO)c(CO)c2n1C1CC1. The van der Waals surface area contributed by atoms with Crippen molar-refractivity contribution < 1.29 is 24.5 Å². The second-order valence-corrected chi connectivity index (χ2v) is 8.15. The van der Waals surface area contributed by atoms with Gasteiger partial charge in [-0.15, -0.1) is 0 Å². The quantitative estimate of drug-likeness (QED) is 0.639. The van der Waals surface area contributed by atoms with Gasteiger partial charge in [-0.3, -0.25) is 4.79 Å². The molecule has 1 aromatic heterocycles. The number of hydrogen-bond acceptors (Lipinski definition) is 5. The normalized spacial score (nSPS) is 19.1. The lowest BCUT2D eigenvalue weighted by molar-refractivity contribution is 0.0693. The molecule has 4 rings (SSSR count). The fourth-order valence-electron chi connectivity index (χ4n) is 4.99. The number of aromatic nitrogens is 1. The first-order valence-electron chi connectivity index (χ1n) is 10.6. The van der Waals surface area contributed by atoms with E-state index in [2.05, 4.69) is 0 Å². The van der Waals surface area contributed by atoms with Crippen molar-refractivity contribution in [3.05, 3.63) is 38.9 Å². The summed E-state index contributed by atoms with van der Waals surface area (Å²) in [6.45, 7) is 1.92. The maximum Gasteiger partial charge on any atom is 0.341 e. The number of carboxylic acid groups (broad SMARTS) is 1. The molecule has 30 heavy (non-hydrogen) atoms. The molecule has 8 heteroatoms. The zero-order valence-corrected chi connectivity index (χ0v) is 17.0. The first-order chi connectivity index (χ1) is 14.4. The van der Waals surface area contributed by atoms with Crippen molar-refractivity contribution in [2.75, 3.05) is 18.1 Å². The van der Waals surface area contributed by atoms with Crippen molar-refractivity contribution in [1.29, 1.82) is 0 Å². The molecule has 1 aromatic carbocycles. The number of aliphatic hydroxyl groups excluding tert-OH is 2. The summed E-state index contributed by atoms with van der Waals surface area (Å²) < 4.78 is 17.2. The molecule has 0 bridgehead atoms. The highest BCUT2D eigenvalue weighted by atomic mass is 19.1. The Kier molecular flexibility index (Phi) is 5.55. The molecule has 2 aliphatic rings. The lowest BCUT2D eigenvalue weighted by atomic mass is 9.99. The predicted molar refractivity (Wildman–Crippen MR) is 111 cm³/mol. The van der Waals surface area contributed by atoms with E-state index in [-0.39, 0.29) is 35.3 Å². The first-order valence-corrected chi connectivity index (χ1v) is 10.6. The molecule has 0 radical (unpaired) electrons. The number of halogens is 1. The Balaban J connectivity index is 2.09. The summed E-state index contributed by atoms with van der Waals surface area (Å²) in [5.41, 5.74) is 0.429. The Morgan fingerprint density at radius 2 is 2.00 bits per heavy atom. The molecule has 3 N–H and O–H groups in total. The fraction of sp³-hybridized carbons (Fsp3) is 0.545. The molecule has 162 valence electrons. The zero-order chi connectivity index (χ0) is 21.6. The van der Waals surface area contributed by atoms with E-state index in [0.29, 0.717) is 36.2 Å². The number of aliphatic hydroxyl groups is 2. The van der Waals surface area contributed by atoms with Crippen LogP contribution in [0.25, 0.3) is 10.9 Å². The summed E-state index contributed by atoms with van der Waals surface area (Å²) in [4.78, 5) is 26.8. The lowest BCUT2D eigenvalue weighted by Crippen LogP contribution is -2.32. The molecule has 1 saturated heterocycles. The Labute approximate surface area is 173 Å². The molecular formula is C22H27FN2O5. The minimum Gasteiger partial charge on any atom is -0.477 e. The van der Waals surface area contributed by atoms with Crippen molar-refractivity contribution in [1.82, 2.24) is 4.57 Å². The highest BCUT2D eigenvalue weighted by Crippen LogP contribution is 2.43. The molecule has 1 aliphatic heterocycles. The van der Waals surface area contributed by atoms with E-state index in [9.17, 15) is 24.9 Å². The summed E-state index contributed by atoms with van der Waals surface area (Å²) in [6, 6.07) is 1.12. The zero-order valence-electron chi connectivity index (χ0n) is 17.0. The van der Waals surface area contributed by atoms with Gasteiger partial charge in [-0.2, -0.15) is 0 Å². The third-order valence-electron chi connectivity index (χ3n) is 6.36. The summed E-state index contributed by atoms with van der Waals surface area (Å²) in [6.07, 6.45) is 4.20. The van der Waals surface area contributed by atoms with Gasteiger partial charge in [-0.05, 0) is 44.6 Å². The number of aromatic carboxylic acids is 1. The van der Waals surface area contributed by atoms with Crippen molar-refractivity contribution in [2.24, 2.45) is 0 Å². The van der Waals surface area contributed by atoms with Crippen LogP contribution in [-0.2, 0) is 13.0 Å². The van der Waals surface area contributed by atoms with E-state index >= 15 is 4.39 Å². The van der Waals surface area contributed by atoms with Crippen LogP contribution in [0.1, 0.15) is 66.7 Å². The van der Waals surface area contributed by atoms with Crippen LogP contribution in [0.2, 0.25) is 0 Å². The largest absolute Gasteiger partial charge is 0.477 e. The molecule has 2 aromatic rings. The smallest absolute Gasteiger partial charge is 0.341 e. The Morgan fingerprint density at radius 1 is 1.27 bits per heavy atom. The monoisotopic (exact) mass is 418 g/mol. The van der Waals surface area contributed by atoms with Crippen LogP contribution in [0, 0.1) is 5.82 Å². The van der Waals surface area contributed by atoms with Gasteiger partial charge in [0, 0.05) is 36.5 Å². The van der Waals surface area contributed by atoms with E-state index in [1.807, 2.05) is 9.47 Å². The molecule has 2 fully saturated rings. The number of carbonyl (C=O) groups is 1. The molecule has 1 aliphatic carbocycles. The molecule has 7 nitrogen and oxygen atoms in total. The highest BCUT2D eigenvalue weighted by Gasteiger charge is 2.35. The molecular weight excluding hydrogens is 391 g/mol. The van der Waals surface area contributed by atoms with Gasteiger partial charge in [0.2, 0.25) is 5.43 Å². The van der Waals surface area contributed by atoms with Gasteiger partial charge < -0.3 is 24.8 Å². The molecule has 0 spiro atoms. The maximum absolute atomic E-state index is 15.4. The van der Waals surface area contributed by atoms with Gasteiger partial charge in [0.25, 0.3) is 0 Å². The van der Waals surface area contributed by atoms with Gasteiger partial charge in [0.1, 0.15) is 11.4 Å². The summed E-state index contributed by atoms with van der Waals surface area (Å²) in [5.74, 6) is -1.96. The Hall–Kier alpha value is -2.45. The van der Waals surface area contributed by atoms with Crippen molar-refractivity contribution in [3.63, 3.8) is 0 Å². The van der Waals surface area contributed by atoms with E-state index in [1.165, 1.54) is 0 Å². The van der Waals surface area contributed by atoms with Crippen LogP contribution < -0.4 is 10.3 Å². The van der Waals surface area contributed by atoms with Gasteiger partial charge in [0.05, 0.1) is 23.2 Å². The molecule has 1 atom stereocenters. The number of anilines is 1. The van der Waals surface area contributed by atoms with Crippen LogP contribution in [0.5, 0.6) is 0 Å². The number of pyridine rings is 1. The second-order valence-electron chi connectivity index (χ2n) is 8.15. The summed E-state index contributed by atoms with van der Waals surface area (Å²) >= 11 is 0. The van der Waals surface area contributed by atoms with Crippen LogP contribution in [0.4, 0.5) is 10.1 Å². The van der Waals surface area contributed by atoms with E-state index in [0.717, 1.165) is 31.7 Å². The number of carboxylic acids is 1. The molecule has 0 amide bonds. The third-order valence-corrected chi connectivity index (χ3v) is 6.36. The third kappa shape index (κ3) is 3.18. The highest BCUT2D eigenvalue weighted by molar-refractivity contribution is 5.96. The van der Waals surface area contributed by atoms with Crippen LogP contribution >= 0.6 is 0 Å². The molecule has 2 heterocycles. The lowest BCUT2D eigenvalue weighted by Gasteiger charge is -2.30. The number of hydrogen-bond donors (Lipinski definition) is 3. The average molecular weight is 418 g/mol. The van der Waals surface area contributed by atoms with Crippen molar-refractivity contribution in [3.8, 4) is 0 Å². The van der Waals surface area contributed by atoms with E-state index in [1.54, 1.807) is 6.92 Å².